The van der Waals surface area contributed by atoms with E-state index in [1.54, 1.807) is 10.9 Å². The Kier molecular flexibility index (Phi) is 6.01. The first-order valence-corrected chi connectivity index (χ1v) is 12.3. The molecule has 4 aromatic rings. The zero-order valence-corrected chi connectivity index (χ0v) is 20.3. The number of fused-ring (bicyclic) bond motifs is 3. The molecule has 2 fully saturated rings. The number of nitrogens with zero attached hydrogens (tertiary/aromatic N) is 7. The second kappa shape index (κ2) is 9.36. The van der Waals surface area contributed by atoms with E-state index in [4.69, 9.17) is 20.2 Å². The van der Waals surface area contributed by atoms with Gasteiger partial charge in [-0.3, -0.25) is 4.68 Å². The van der Waals surface area contributed by atoms with E-state index in [1.165, 1.54) is 23.8 Å². The van der Waals surface area contributed by atoms with Gasteiger partial charge in [0.15, 0.2) is 28.7 Å². The van der Waals surface area contributed by atoms with E-state index in [9.17, 15) is 13.2 Å². The van der Waals surface area contributed by atoms with Crippen LogP contribution < -0.4 is 15.4 Å². The second-order valence-electron chi connectivity index (χ2n) is 9.49. The number of anilines is 2. The smallest absolute Gasteiger partial charge is 0.284 e. The molecule has 2 aliphatic heterocycles. The standard InChI is InChI=1S/C24H27F3N8O2/c1-36-19-10-17-15(9-16(19)25)23-30-22(32-35(23)24(28)29-17)13-3-2-6-33(11-13)18-12-34(31-20(18)21(26)27)14-4-7-37-8-5-14/h9-10,12-14,21H,2-8,11H2,1H3,(H2,28,29)/t13-/m1/s1. The summed E-state index contributed by atoms with van der Waals surface area (Å²) in [5, 5.41) is 9.31. The maximum atomic E-state index is 14.5. The fourth-order valence-corrected chi connectivity index (χ4v) is 5.31. The molecule has 1 atom stereocenters. The lowest BCUT2D eigenvalue weighted by molar-refractivity contribution is 0.0654. The summed E-state index contributed by atoms with van der Waals surface area (Å²) in [7, 11) is 1.38. The lowest BCUT2D eigenvalue weighted by Gasteiger charge is -2.32. The molecule has 3 aromatic heterocycles. The highest BCUT2D eigenvalue weighted by molar-refractivity contribution is 5.93. The third-order valence-corrected chi connectivity index (χ3v) is 7.23. The van der Waals surface area contributed by atoms with Crippen LogP contribution in [0.25, 0.3) is 16.6 Å². The number of benzene rings is 1. The number of ether oxygens (including phenoxy) is 2. The van der Waals surface area contributed by atoms with Gasteiger partial charge in [-0.2, -0.15) is 9.61 Å². The maximum absolute atomic E-state index is 14.5. The van der Waals surface area contributed by atoms with E-state index in [-0.39, 0.29) is 29.4 Å². The molecule has 5 heterocycles. The van der Waals surface area contributed by atoms with Gasteiger partial charge in [-0.05, 0) is 31.7 Å². The van der Waals surface area contributed by atoms with Crippen molar-refractivity contribution in [1.29, 1.82) is 0 Å². The highest BCUT2D eigenvalue weighted by Gasteiger charge is 2.31. The Hall–Kier alpha value is -3.61. The quantitative estimate of drug-likeness (QED) is 0.426. The number of aromatic nitrogens is 6. The number of halogens is 3. The zero-order chi connectivity index (χ0) is 25.7. The molecule has 0 unspecified atom stereocenters. The summed E-state index contributed by atoms with van der Waals surface area (Å²) >= 11 is 0. The van der Waals surface area contributed by atoms with Crippen LogP contribution in [0.4, 0.5) is 24.8 Å². The minimum Gasteiger partial charge on any atom is -0.494 e. The van der Waals surface area contributed by atoms with Gasteiger partial charge in [0.1, 0.15) is 0 Å². The summed E-state index contributed by atoms with van der Waals surface area (Å²) in [6, 6.07) is 2.82. The van der Waals surface area contributed by atoms with Crippen LogP contribution in [0.15, 0.2) is 18.3 Å². The van der Waals surface area contributed by atoms with Crippen molar-refractivity contribution in [3.05, 3.63) is 35.7 Å². The minimum atomic E-state index is -2.69. The lowest BCUT2D eigenvalue weighted by Crippen LogP contribution is -2.35. The van der Waals surface area contributed by atoms with Crippen LogP contribution in [0.2, 0.25) is 0 Å². The minimum absolute atomic E-state index is 0.0449. The fourth-order valence-electron chi connectivity index (χ4n) is 5.31. The van der Waals surface area contributed by atoms with Gasteiger partial charge >= 0.3 is 0 Å². The third kappa shape index (κ3) is 4.20. The van der Waals surface area contributed by atoms with Gasteiger partial charge in [0, 0.05) is 49.9 Å². The van der Waals surface area contributed by atoms with Crippen molar-refractivity contribution in [2.45, 2.75) is 44.1 Å². The highest BCUT2D eigenvalue weighted by atomic mass is 19.3. The molecule has 0 bridgehead atoms. The van der Waals surface area contributed by atoms with E-state index < -0.39 is 12.2 Å². The van der Waals surface area contributed by atoms with Crippen molar-refractivity contribution in [1.82, 2.24) is 29.4 Å². The molecule has 0 saturated carbocycles. The van der Waals surface area contributed by atoms with E-state index in [2.05, 4.69) is 15.2 Å². The molecule has 2 saturated heterocycles. The molecule has 37 heavy (non-hydrogen) atoms. The SMILES string of the molecule is COc1cc2nc(N)n3nc([C@@H]4CCCN(c5cn(C6CCOCC6)nc5C(F)F)C4)nc3c2cc1F. The predicted molar refractivity (Wildman–Crippen MR) is 130 cm³/mol. The number of nitrogens with two attached hydrogens (primary N) is 1. The topological polar surface area (TPSA) is 109 Å². The summed E-state index contributed by atoms with van der Waals surface area (Å²) in [5.41, 5.74) is 7.20. The first-order chi connectivity index (χ1) is 17.9. The van der Waals surface area contributed by atoms with Crippen molar-refractivity contribution in [2.75, 3.05) is 44.0 Å². The maximum Gasteiger partial charge on any atom is 0.284 e. The summed E-state index contributed by atoms with van der Waals surface area (Å²) in [6.45, 7) is 2.27. The van der Waals surface area contributed by atoms with Gasteiger partial charge in [0.2, 0.25) is 5.95 Å². The van der Waals surface area contributed by atoms with Crippen molar-refractivity contribution in [2.24, 2.45) is 0 Å². The van der Waals surface area contributed by atoms with E-state index in [1.807, 2.05) is 4.90 Å². The molecule has 196 valence electrons. The van der Waals surface area contributed by atoms with Crippen LogP contribution >= 0.6 is 0 Å². The van der Waals surface area contributed by atoms with E-state index in [0.29, 0.717) is 54.4 Å². The van der Waals surface area contributed by atoms with Crippen LogP contribution in [0, 0.1) is 5.82 Å². The van der Waals surface area contributed by atoms with Crippen molar-refractivity contribution in [3.8, 4) is 5.75 Å². The molecule has 2 N–H and O–H groups in total. The molecule has 1 aromatic carbocycles. The van der Waals surface area contributed by atoms with Crippen LogP contribution in [0.5, 0.6) is 5.75 Å². The summed E-state index contributed by atoms with van der Waals surface area (Å²) in [5.74, 6) is 0.00118. The van der Waals surface area contributed by atoms with Crippen LogP contribution in [-0.2, 0) is 4.74 Å². The Morgan fingerprint density at radius 1 is 1.14 bits per heavy atom. The molecule has 0 radical (unpaired) electrons. The lowest BCUT2D eigenvalue weighted by atomic mass is 9.97. The highest BCUT2D eigenvalue weighted by Crippen LogP contribution is 2.36. The third-order valence-electron chi connectivity index (χ3n) is 7.23. The monoisotopic (exact) mass is 516 g/mol. The molecule has 13 heteroatoms. The number of rotatable bonds is 5. The second-order valence-corrected chi connectivity index (χ2v) is 9.49. The number of hydrogen-bond donors (Lipinski definition) is 1. The average molecular weight is 517 g/mol. The van der Waals surface area contributed by atoms with E-state index >= 15 is 0 Å². The van der Waals surface area contributed by atoms with Crippen molar-refractivity contribution in [3.63, 3.8) is 0 Å². The van der Waals surface area contributed by atoms with Crippen LogP contribution in [0.3, 0.4) is 0 Å². The van der Waals surface area contributed by atoms with Crippen molar-refractivity contribution >= 4 is 28.2 Å². The van der Waals surface area contributed by atoms with Crippen LogP contribution in [-0.4, -0.2) is 62.8 Å². The molecule has 0 aliphatic carbocycles. The Labute approximate surface area is 210 Å². The fraction of sp³-hybridized carbons (Fsp3) is 0.500. The van der Waals surface area contributed by atoms with Gasteiger partial charge in [0.25, 0.3) is 6.43 Å². The molecule has 0 spiro atoms. The molecular formula is C24H27F3N8O2. The Morgan fingerprint density at radius 3 is 2.70 bits per heavy atom. The van der Waals surface area contributed by atoms with Crippen LogP contribution in [0.1, 0.15) is 55.6 Å². The van der Waals surface area contributed by atoms with Gasteiger partial charge < -0.3 is 20.1 Å². The number of methoxy groups -OCH3 is 1. The van der Waals surface area contributed by atoms with Gasteiger partial charge in [0.05, 0.1) is 24.4 Å². The van der Waals surface area contributed by atoms with Gasteiger partial charge in [-0.25, -0.2) is 23.1 Å². The number of piperidine rings is 1. The molecule has 10 nitrogen and oxygen atoms in total. The Balaban J connectivity index is 1.33. The Morgan fingerprint density at radius 2 is 1.95 bits per heavy atom. The Bertz CT molecular complexity index is 1450. The number of nitrogen functional groups attached to an aromatic ring is 1. The summed E-state index contributed by atoms with van der Waals surface area (Å²) in [4.78, 5) is 11.0. The van der Waals surface area contributed by atoms with E-state index in [0.717, 1.165) is 25.7 Å². The predicted octanol–water partition coefficient (Wildman–Crippen LogP) is 3.88. The average Bonchev–Trinajstić information content (AvgIpc) is 3.56. The number of hydrogen-bond acceptors (Lipinski definition) is 8. The first kappa shape index (κ1) is 23.8. The summed E-state index contributed by atoms with van der Waals surface area (Å²) < 4.78 is 56.0. The zero-order valence-electron chi connectivity index (χ0n) is 20.3. The largest absolute Gasteiger partial charge is 0.494 e. The normalized spacial score (nSPS) is 19.4. The van der Waals surface area contributed by atoms with Crippen molar-refractivity contribution < 1.29 is 22.6 Å². The molecule has 2 aliphatic rings. The number of alkyl halides is 2. The van der Waals surface area contributed by atoms with Gasteiger partial charge in [-0.1, -0.05) is 0 Å². The summed E-state index contributed by atoms with van der Waals surface area (Å²) in [6.07, 6.45) is 2.09. The molecular weight excluding hydrogens is 489 g/mol. The van der Waals surface area contributed by atoms with Gasteiger partial charge in [-0.15, -0.1) is 5.10 Å². The molecule has 6 rings (SSSR count). The first-order valence-electron chi connectivity index (χ1n) is 12.3. The molecule has 0 amide bonds.